The third kappa shape index (κ3) is 6.55. The van der Waals surface area contributed by atoms with Crippen LogP contribution in [0.15, 0.2) is 11.1 Å². The van der Waals surface area contributed by atoms with Crippen LogP contribution in [0.1, 0.15) is 12.8 Å². The van der Waals surface area contributed by atoms with Gasteiger partial charge in [-0.25, -0.2) is 0 Å². The average molecular weight is 258 g/mol. The first-order valence-corrected chi connectivity index (χ1v) is 4.86. The van der Waals surface area contributed by atoms with Crippen LogP contribution in [0, 0.1) is 0 Å². The van der Waals surface area contributed by atoms with Crippen molar-refractivity contribution in [2.75, 3.05) is 5.33 Å². The Bertz CT molecular complexity index is 83.1. The zero-order valence-electron chi connectivity index (χ0n) is 5.06. The van der Waals surface area contributed by atoms with Crippen molar-refractivity contribution in [3.63, 3.8) is 0 Å². The largest absolute Gasteiger partial charge is 0.389 e. The Hall–Kier alpha value is 0.660. The molecule has 0 bridgehead atoms. The van der Waals surface area contributed by atoms with Crippen LogP contribution in [-0.4, -0.2) is 16.5 Å². The molecule has 0 aromatic heterocycles. The van der Waals surface area contributed by atoms with Crippen LogP contribution >= 0.6 is 31.9 Å². The number of hydrogen-bond donors (Lipinski definition) is 1. The Kier molecular flexibility index (Phi) is 7.27. The van der Waals surface area contributed by atoms with Crippen LogP contribution in [-0.2, 0) is 0 Å². The number of aliphatic hydroxyl groups is 1. The highest BCUT2D eigenvalue weighted by molar-refractivity contribution is 9.11. The van der Waals surface area contributed by atoms with Crippen molar-refractivity contribution in [3.8, 4) is 0 Å². The van der Waals surface area contributed by atoms with Crippen molar-refractivity contribution in [1.29, 1.82) is 0 Å². The van der Waals surface area contributed by atoms with E-state index in [-0.39, 0.29) is 6.10 Å². The lowest BCUT2D eigenvalue weighted by atomic mass is 10.2. The normalized spacial score (nSPS) is 14.6. The summed E-state index contributed by atoms with van der Waals surface area (Å²) in [7, 11) is 0. The topological polar surface area (TPSA) is 20.2 Å². The molecule has 1 nitrogen and oxygen atoms in total. The summed E-state index contributed by atoms with van der Waals surface area (Å²) in [4.78, 5) is 1.69. The molecule has 1 atom stereocenters. The number of aliphatic hydroxyl groups excluding tert-OH is 1. The number of alkyl halides is 1. The van der Waals surface area contributed by atoms with Gasteiger partial charge in [0.05, 0.1) is 6.10 Å². The summed E-state index contributed by atoms with van der Waals surface area (Å²) in [6, 6.07) is 0. The lowest BCUT2D eigenvalue weighted by Gasteiger charge is -2.00. The highest BCUT2D eigenvalue weighted by Crippen LogP contribution is 2.01. The van der Waals surface area contributed by atoms with Gasteiger partial charge in [0.15, 0.2) is 0 Å². The predicted octanol–water partition coefficient (Wildman–Crippen LogP) is 2.43. The molecule has 1 N–H and O–H groups in total. The van der Waals surface area contributed by atoms with Gasteiger partial charge in [0.1, 0.15) is 0 Å². The molecule has 0 radical (unpaired) electrons. The first-order valence-electron chi connectivity index (χ1n) is 2.82. The van der Waals surface area contributed by atoms with Crippen LogP contribution in [0.3, 0.4) is 0 Å². The molecular formula is C6H10Br2O. The van der Waals surface area contributed by atoms with Gasteiger partial charge in [0.25, 0.3) is 0 Å². The zero-order valence-corrected chi connectivity index (χ0v) is 8.23. The minimum absolute atomic E-state index is 0.290. The van der Waals surface area contributed by atoms with Gasteiger partial charge < -0.3 is 5.11 Å². The summed E-state index contributed by atoms with van der Waals surface area (Å²) in [5, 5.41) is 10.0. The molecule has 0 heterocycles. The van der Waals surface area contributed by atoms with Gasteiger partial charge in [-0.2, -0.15) is 0 Å². The molecule has 0 fully saturated rings. The standard InChI is InChI=1S/C6H10Br2O/c7-4-1-2-6(9)3-5-8/h3,5-6,9H,1-2,4H2. The second-order valence-electron chi connectivity index (χ2n) is 1.72. The molecule has 0 saturated heterocycles. The Morgan fingerprint density at radius 2 is 2.22 bits per heavy atom. The van der Waals surface area contributed by atoms with E-state index in [2.05, 4.69) is 31.9 Å². The van der Waals surface area contributed by atoms with Crippen molar-refractivity contribution >= 4 is 31.9 Å². The van der Waals surface area contributed by atoms with Crippen LogP contribution < -0.4 is 0 Å². The quantitative estimate of drug-likeness (QED) is 0.768. The molecular weight excluding hydrogens is 248 g/mol. The Morgan fingerprint density at radius 1 is 1.56 bits per heavy atom. The second kappa shape index (κ2) is 6.78. The number of hydrogen-bond acceptors (Lipinski definition) is 1. The molecule has 0 aliphatic heterocycles. The average Bonchev–Trinajstić information content (AvgIpc) is 1.85. The maximum atomic E-state index is 9.04. The van der Waals surface area contributed by atoms with Gasteiger partial charge >= 0.3 is 0 Å². The molecule has 54 valence electrons. The summed E-state index contributed by atoms with van der Waals surface area (Å²) in [5.74, 6) is 0. The fourth-order valence-electron chi connectivity index (χ4n) is 0.466. The molecule has 0 saturated carbocycles. The van der Waals surface area contributed by atoms with E-state index in [1.807, 2.05) is 0 Å². The lowest BCUT2D eigenvalue weighted by molar-refractivity contribution is 0.212. The minimum atomic E-state index is -0.290. The summed E-state index contributed by atoms with van der Waals surface area (Å²) in [6.07, 6.45) is 3.27. The zero-order chi connectivity index (χ0) is 7.11. The van der Waals surface area contributed by atoms with E-state index < -0.39 is 0 Å². The van der Waals surface area contributed by atoms with Crippen molar-refractivity contribution in [3.05, 3.63) is 11.1 Å². The minimum Gasteiger partial charge on any atom is -0.389 e. The van der Waals surface area contributed by atoms with E-state index in [9.17, 15) is 0 Å². The van der Waals surface area contributed by atoms with E-state index in [0.29, 0.717) is 0 Å². The molecule has 9 heavy (non-hydrogen) atoms. The van der Waals surface area contributed by atoms with Crippen molar-refractivity contribution < 1.29 is 5.11 Å². The highest BCUT2D eigenvalue weighted by Gasteiger charge is 1.95. The summed E-state index contributed by atoms with van der Waals surface area (Å²) in [5.41, 5.74) is 0. The van der Waals surface area contributed by atoms with Crippen molar-refractivity contribution in [2.24, 2.45) is 0 Å². The van der Waals surface area contributed by atoms with Crippen molar-refractivity contribution in [1.82, 2.24) is 0 Å². The summed E-state index contributed by atoms with van der Waals surface area (Å²) < 4.78 is 0. The molecule has 0 rings (SSSR count). The molecule has 0 amide bonds. The van der Waals surface area contributed by atoms with Gasteiger partial charge in [-0.05, 0) is 23.9 Å². The molecule has 3 heteroatoms. The first kappa shape index (κ1) is 9.66. The lowest BCUT2D eigenvalue weighted by Crippen LogP contribution is -2.00. The summed E-state index contributed by atoms with van der Waals surface area (Å²) in [6.45, 7) is 0. The Labute approximate surface area is 72.4 Å². The first-order chi connectivity index (χ1) is 4.31. The van der Waals surface area contributed by atoms with Gasteiger partial charge in [0, 0.05) is 5.33 Å². The van der Waals surface area contributed by atoms with Crippen molar-refractivity contribution in [2.45, 2.75) is 18.9 Å². The Balaban J connectivity index is 3.15. The maximum Gasteiger partial charge on any atom is 0.0729 e. The third-order valence-electron chi connectivity index (χ3n) is 0.928. The van der Waals surface area contributed by atoms with Gasteiger partial charge in [0.2, 0.25) is 0 Å². The van der Waals surface area contributed by atoms with Crippen LogP contribution in [0.2, 0.25) is 0 Å². The second-order valence-corrected chi connectivity index (χ2v) is 3.04. The van der Waals surface area contributed by atoms with Gasteiger partial charge in [-0.15, -0.1) is 0 Å². The van der Waals surface area contributed by atoms with Crippen LogP contribution in [0.4, 0.5) is 0 Å². The number of rotatable bonds is 4. The molecule has 0 aliphatic rings. The molecule has 0 aliphatic carbocycles. The van der Waals surface area contributed by atoms with E-state index in [1.54, 1.807) is 11.1 Å². The molecule has 0 spiro atoms. The van der Waals surface area contributed by atoms with Crippen LogP contribution in [0.5, 0.6) is 0 Å². The Morgan fingerprint density at radius 3 is 2.67 bits per heavy atom. The highest BCUT2D eigenvalue weighted by atomic mass is 79.9. The van der Waals surface area contributed by atoms with E-state index in [4.69, 9.17) is 5.11 Å². The monoisotopic (exact) mass is 256 g/mol. The maximum absolute atomic E-state index is 9.04. The molecule has 0 aromatic rings. The van der Waals surface area contributed by atoms with Gasteiger partial charge in [-0.1, -0.05) is 31.9 Å². The summed E-state index contributed by atoms with van der Waals surface area (Å²) >= 11 is 6.37. The van der Waals surface area contributed by atoms with E-state index in [1.165, 1.54) is 0 Å². The van der Waals surface area contributed by atoms with E-state index >= 15 is 0 Å². The molecule has 0 aromatic carbocycles. The van der Waals surface area contributed by atoms with Crippen LogP contribution in [0.25, 0.3) is 0 Å². The molecule has 1 unspecified atom stereocenters. The fourth-order valence-corrected chi connectivity index (χ4v) is 1.14. The fraction of sp³-hybridized carbons (Fsp3) is 0.667. The SMILES string of the molecule is OC(C=CBr)CCCBr. The third-order valence-corrected chi connectivity index (χ3v) is 1.79. The smallest absolute Gasteiger partial charge is 0.0729 e. The van der Waals surface area contributed by atoms with E-state index in [0.717, 1.165) is 18.2 Å². The van der Waals surface area contributed by atoms with Gasteiger partial charge in [-0.3, -0.25) is 0 Å². The number of halogens is 2. The predicted molar refractivity (Wildman–Crippen MR) is 47.1 cm³/mol.